The largest absolute Gasteiger partial charge is 0.496 e. The van der Waals surface area contributed by atoms with E-state index in [2.05, 4.69) is 20.9 Å². The van der Waals surface area contributed by atoms with Gasteiger partial charge in [0.25, 0.3) is 0 Å². The van der Waals surface area contributed by atoms with Gasteiger partial charge in [0.15, 0.2) is 0 Å². The zero-order chi connectivity index (χ0) is 19.4. The van der Waals surface area contributed by atoms with Gasteiger partial charge in [-0.3, -0.25) is 4.99 Å². The number of halogens is 4. The van der Waals surface area contributed by atoms with Gasteiger partial charge in [0, 0.05) is 29.3 Å². The standard InChI is InChI=1S/C19H18BrF3N2O2/c1-26-18-5-3-15(20)10-13(18)12-24-16-11-14(19(21,22)23)2-4-17(16)25-6-8-27-9-7-25/h2-5,10-12H,6-9H2,1H3. The first-order valence-electron chi connectivity index (χ1n) is 8.30. The fourth-order valence-electron chi connectivity index (χ4n) is 2.82. The zero-order valence-corrected chi connectivity index (χ0v) is 16.2. The van der Waals surface area contributed by atoms with Gasteiger partial charge in [0.1, 0.15) is 5.75 Å². The summed E-state index contributed by atoms with van der Waals surface area (Å²) in [4.78, 5) is 6.35. The summed E-state index contributed by atoms with van der Waals surface area (Å²) >= 11 is 3.38. The summed E-state index contributed by atoms with van der Waals surface area (Å²) < 4.78 is 50.9. The van der Waals surface area contributed by atoms with Crippen molar-refractivity contribution >= 4 is 33.5 Å². The third-order valence-corrected chi connectivity index (χ3v) is 4.68. The third-order valence-electron chi connectivity index (χ3n) is 4.19. The molecule has 0 saturated carbocycles. The number of methoxy groups -OCH3 is 1. The van der Waals surface area contributed by atoms with E-state index < -0.39 is 11.7 Å². The molecule has 144 valence electrons. The van der Waals surface area contributed by atoms with E-state index in [0.29, 0.717) is 43.3 Å². The Kier molecular flexibility index (Phi) is 6.06. The van der Waals surface area contributed by atoms with Crippen LogP contribution in [0.2, 0.25) is 0 Å². The highest BCUT2D eigenvalue weighted by Crippen LogP contribution is 2.37. The average molecular weight is 443 g/mol. The molecule has 0 amide bonds. The predicted molar refractivity (Wildman–Crippen MR) is 102 cm³/mol. The molecule has 8 heteroatoms. The quantitative estimate of drug-likeness (QED) is 0.620. The first-order chi connectivity index (χ1) is 12.9. The lowest BCUT2D eigenvalue weighted by molar-refractivity contribution is -0.137. The van der Waals surface area contributed by atoms with Crippen molar-refractivity contribution in [2.24, 2.45) is 4.99 Å². The molecule has 2 aromatic rings. The maximum Gasteiger partial charge on any atom is 0.416 e. The monoisotopic (exact) mass is 442 g/mol. The Morgan fingerprint density at radius 2 is 1.89 bits per heavy atom. The molecular formula is C19H18BrF3N2O2. The number of alkyl halides is 3. The first-order valence-corrected chi connectivity index (χ1v) is 9.09. The molecule has 1 fully saturated rings. The average Bonchev–Trinajstić information content (AvgIpc) is 2.66. The summed E-state index contributed by atoms with van der Waals surface area (Å²) in [6, 6.07) is 9.01. The minimum absolute atomic E-state index is 0.258. The Labute approximate surface area is 163 Å². The molecule has 27 heavy (non-hydrogen) atoms. The van der Waals surface area contributed by atoms with Crippen molar-refractivity contribution in [3.8, 4) is 5.75 Å². The molecule has 0 bridgehead atoms. The fourth-order valence-corrected chi connectivity index (χ4v) is 3.20. The summed E-state index contributed by atoms with van der Waals surface area (Å²) in [5.74, 6) is 0.585. The Balaban J connectivity index is 2.02. The number of nitrogens with zero attached hydrogens (tertiary/aromatic N) is 2. The van der Waals surface area contributed by atoms with E-state index in [1.54, 1.807) is 12.1 Å². The number of anilines is 1. The molecule has 0 unspecified atom stereocenters. The maximum absolute atomic E-state index is 13.2. The van der Waals surface area contributed by atoms with E-state index >= 15 is 0 Å². The molecule has 0 spiro atoms. The molecule has 1 saturated heterocycles. The second kappa shape index (κ2) is 8.31. The van der Waals surface area contributed by atoms with Gasteiger partial charge in [0.2, 0.25) is 0 Å². The number of hydrogen-bond acceptors (Lipinski definition) is 4. The molecular weight excluding hydrogens is 425 g/mol. The number of ether oxygens (including phenoxy) is 2. The van der Waals surface area contributed by atoms with Crippen molar-refractivity contribution in [2.75, 3.05) is 38.3 Å². The minimum atomic E-state index is -4.43. The van der Waals surface area contributed by atoms with Gasteiger partial charge < -0.3 is 14.4 Å². The van der Waals surface area contributed by atoms with Gasteiger partial charge in [-0.15, -0.1) is 0 Å². The van der Waals surface area contributed by atoms with Crippen LogP contribution in [-0.2, 0) is 10.9 Å². The molecule has 1 aliphatic heterocycles. The fraction of sp³-hybridized carbons (Fsp3) is 0.316. The topological polar surface area (TPSA) is 34.1 Å². The van der Waals surface area contributed by atoms with Gasteiger partial charge >= 0.3 is 6.18 Å². The molecule has 4 nitrogen and oxygen atoms in total. The van der Waals surface area contributed by atoms with Crippen LogP contribution in [-0.4, -0.2) is 39.6 Å². The number of hydrogen-bond donors (Lipinski definition) is 0. The van der Waals surface area contributed by atoms with E-state index in [-0.39, 0.29) is 5.69 Å². The van der Waals surface area contributed by atoms with Crippen molar-refractivity contribution in [1.29, 1.82) is 0 Å². The first kappa shape index (κ1) is 19.7. The summed E-state index contributed by atoms with van der Waals surface area (Å²) in [6.45, 7) is 2.27. The van der Waals surface area contributed by atoms with Gasteiger partial charge in [0.05, 0.1) is 37.3 Å². The van der Waals surface area contributed by atoms with Gasteiger partial charge in [-0.1, -0.05) is 15.9 Å². The van der Waals surface area contributed by atoms with E-state index in [0.717, 1.165) is 16.6 Å². The molecule has 0 N–H and O–H groups in total. The second-order valence-electron chi connectivity index (χ2n) is 5.95. The molecule has 1 heterocycles. The summed E-state index contributed by atoms with van der Waals surface area (Å²) in [6.07, 6.45) is -2.91. The molecule has 3 rings (SSSR count). The Morgan fingerprint density at radius 1 is 1.15 bits per heavy atom. The Morgan fingerprint density at radius 3 is 2.56 bits per heavy atom. The van der Waals surface area contributed by atoms with Crippen LogP contribution in [0, 0.1) is 0 Å². The number of aliphatic imine (C=N–C) groups is 1. The Bertz CT molecular complexity index is 834. The highest BCUT2D eigenvalue weighted by atomic mass is 79.9. The van der Waals surface area contributed by atoms with Gasteiger partial charge in [-0.25, -0.2) is 0 Å². The molecule has 2 aromatic carbocycles. The molecule has 0 atom stereocenters. The predicted octanol–water partition coefficient (Wildman–Crippen LogP) is 5.06. The van der Waals surface area contributed by atoms with Crippen LogP contribution >= 0.6 is 15.9 Å². The van der Waals surface area contributed by atoms with E-state index in [1.165, 1.54) is 19.4 Å². The van der Waals surface area contributed by atoms with Crippen molar-refractivity contribution in [3.63, 3.8) is 0 Å². The minimum Gasteiger partial charge on any atom is -0.496 e. The van der Waals surface area contributed by atoms with Crippen LogP contribution in [0.1, 0.15) is 11.1 Å². The molecule has 1 aliphatic rings. The SMILES string of the molecule is COc1ccc(Br)cc1C=Nc1cc(C(F)(F)F)ccc1N1CCOCC1. The van der Waals surface area contributed by atoms with Gasteiger partial charge in [-0.2, -0.15) is 13.2 Å². The highest BCUT2D eigenvalue weighted by molar-refractivity contribution is 9.10. The van der Waals surface area contributed by atoms with E-state index in [9.17, 15) is 13.2 Å². The van der Waals surface area contributed by atoms with Crippen LogP contribution in [0.4, 0.5) is 24.5 Å². The summed E-state index contributed by atoms with van der Waals surface area (Å²) in [5, 5.41) is 0. The van der Waals surface area contributed by atoms with Crippen molar-refractivity contribution in [3.05, 3.63) is 52.0 Å². The number of benzene rings is 2. The molecule has 0 aliphatic carbocycles. The number of rotatable bonds is 4. The van der Waals surface area contributed by atoms with E-state index in [4.69, 9.17) is 9.47 Å². The summed E-state index contributed by atoms with van der Waals surface area (Å²) in [5.41, 5.74) is 0.843. The van der Waals surface area contributed by atoms with Crippen LogP contribution in [0.5, 0.6) is 5.75 Å². The Hall–Kier alpha value is -2.06. The molecule has 0 radical (unpaired) electrons. The van der Waals surface area contributed by atoms with Crippen LogP contribution in [0.25, 0.3) is 0 Å². The number of morpholine rings is 1. The third kappa shape index (κ3) is 4.81. The van der Waals surface area contributed by atoms with Crippen molar-refractivity contribution < 1.29 is 22.6 Å². The highest BCUT2D eigenvalue weighted by Gasteiger charge is 2.31. The van der Waals surface area contributed by atoms with Crippen LogP contribution < -0.4 is 9.64 Å². The molecule has 0 aromatic heterocycles. The smallest absolute Gasteiger partial charge is 0.416 e. The van der Waals surface area contributed by atoms with Crippen LogP contribution in [0.3, 0.4) is 0 Å². The lowest BCUT2D eigenvalue weighted by atomic mass is 10.1. The zero-order valence-electron chi connectivity index (χ0n) is 14.6. The van der Waals surface area contributed by atoms with E-state index in [1.807, 2.05) is 11.0 Å². The van der Waals surface area contributed by atoms with Crippen LogP contribution in [0.15, 0.2) is 45.9 Å². The second-order valence-corrected chi connectivity index (χ2v) is 6.86. The normalized spacial score (nSPS) is 15.4. The lowest BCUT2D eigenvalue weighted by Crippen LogP contribution is -2.36. The lowest BCUT2D eigenvalue weighted by Gasteiger charge is -2.30. The maximum atomic E-state index is 13.2. The van der Waals surface area contributed by atoms with Crippen molar-refractivity contribution in [2.45, 2.75) is 6.18 Å². The summed E-state index contributed by atoms with van der Waals surface area (Å²) in [7, 11) is 1.53. The van der Waals surface area contributed by atoms with Gasteiger partial charge in [-0.05, 0) is 36.4 Å². The van der Waals surface area contributed by atoms with Crippen molar-refractivity contribution in [1.82, 2.24) is 0 Å².